The first-order chi connectivity index (χ1) is 6.72. The molecule has 2 heterocycles. The Morgan fingerprint density at radius 2 is 2.36 bits per heavy atom. The molecule has 0 aliphatic heterocycles. The number of rotatable bonds is 2. The Bertz CT molecular complexity index is 485. The highest BCUT2D eigenvalue weighted by molar-refractivity contribution is 5.95. The smallest absolute Gasteiger partial charge is 0.337 e. The third-order valence-corrected chi connectivity index (χ3v) is 2.33. The Hall–Kier alpha value is -1.77. The Balaban J connectivity index is 2.73. The molecule has 0 amide bonds. The van der Waals surface area contributed by atoms with Gasteiger partial charge in [0.05, 0.1) is 11.1 Å². The van der Waals surface area contributed by atoms with E-state index in [1.807, 2.05) is 22.9 Å². The SMILES string of the molecule is CCc1cc2c(C(=O)O)cccn2c1. The van der Waals surface area contributed by atoms with Crippen LogP contribution in [0.15, 0.2) is 30.6 Å². The summed E-state index contributed by atoms with van der Waals surface area (Å²) >= 11 is 0. The molecule has 0 saturated heterocycles. The highest BCUT2D eigenvalue weighted by atomic mass is 16.4. The van der Waals surface area contributed by atoms with Crippen molar-refractivity contribution in [2.45, 2.75) is 13.3 Å². The fraction of sp³-hybridized carbons (Fsp3) is 0.182. The predicted molar refractivity (Wildman–Crippen MR) is 53.7 cm³/mol. The molecule has 0 atom stereocenters. The topological polar surface area (TPSA) is 41.7 Å². The van der Waals surface area contributed by atoms with E-state index in [0.29, 0.717) is 5.56 Å². The van der Waals surface area contributed by atoms with Gasteiger partial charge in [0.2, 0.25) is 0 Å². The highest BCUT2D eigenvalue weighted by Crippen LogP contribution is 2.15. The average molecular weight is 189 g/mol. The predicted octanol–water partition coefficient (Wildman–Crippen LogP) is 2.20. The molecule has 2 aromatic rings. The molecular weight excluding hydrogens is 178 g/mol. The van der Waals surface area contributed by atoms with Gasteiger partial charge in [-0.15, -0.1) is 0 Å². The maximum absolute atomic E-state index is 10.9. The van der Waals surface area contributed by atoms with Gasteiger partial charge in [0.15, 0.2) is 0 Å². The first kappa shape index (κ1) is 8.81. The first-order valence-corrected chi connectivity index (χ1v) is 4.55. The van der Waals surface area contributed by atoms with Crippen molar-refractivity contribution in [1.82, 2.24) is 4.40 Å². The fourth-order valence-electron chi connectivity index (χ4n) is 1.57. The third-order valence-electron chi connectivity index (χ3n) is 2.33. The van der Waals surface area contributed by atoms with Crippen LogP contribution in [0.25, 0.3) is 5.52 Å². The minimum Gasteiger partial charge on any atom is -0.478 e. The van der Waals surface area contributed by atoms with E-state index in [2.05, 4.69) is 6.92 Å². The number of aromatic carboxylic acids is 1. The van der Waals surface area contributed by atoms with Gasteiger partial charge in [-0.1, -0.05) is 6.92 Å². The number of carboxylic acid groups (broad SMARTS) is 1. The number of nitrogens with zero attached hydrogens (tertiary/aromatic N) is 1. The van der Waals surface area contributed by atoms with E-state index in [4.69, 9.17) is 5.11 Å². The molecule has 1 N–H and O–H groups in total. The summed E-state index contributed by atoms with van der Waals surface area (Å²) in [6, 6.07) is 5.29. The summed E-state index contributed by atoms with van der Waals surface area (Å²) in [5.74, 6) is -0.878. The Morgan fingerprint density at radius 1 is 1.57 bits per heavy atom. The van der Waals surface area contributed by atoms with Crippen LogP contribution in [0.1, 0.15) is 22.8 Å². The van der Waals surface area contributed by atoms with E-state index in [0.717, 1.165) is 17.5 Å². The van der Waals surface area contributed by atoms with Crippen molar-refractivity contribution in [2.75, 3.05) is 0 Å². The van der Waals surface area contributed by atoms with Gasteiger partial charge < -0.3 is 9.51 Å². The van der Waals surface area contributed by atoms with Crippen LogP contribution in [0.5, 0.6) is 0 Å². The average Bonchev–Trinajstić information content (AvgIpc) is 2.59. The summed E-state index contributed by atoms with van der Waals surface area (Å²) in [6.45, 7) is 2.05. The maximum Gasteiger partial charge on any atom is 0.337 e. The van der Waals surface area contributed by atoms with Crippen LogP contribution < -0.4 is 0 Å². The molecule has 0 spiro atoms. The minimum atomic E-state index is -0.878. The molecule has 0 aromatic carbocycles. The number of aryl methyl sites for hydroxylation is 1. The number of fused-ring (bicyclic) bond motifs is 1. The van der Waals surface area contributed by atoms with Crippen molar-refractivity contribution >= 4 is 11.5 Å². The Labute approximate surface area is 81.6 Å². The van der Waals surface area contributed by atoms with Crippen LogP contribution in [0.3, 0.4) is 0 Å². The number of hydrogen-bond donors (Lipinski definition) is 1. The molecule has 0 aliphatic rings. The molecule has 3 heteroatoms. The molecule has 0 bridgehead atoms. The molecule has 3 nitrogen and oxygen atoms in total. The third kappa shape index (κ3) is 1.27. The monoisotopic (exact) mass is 189 g/mol. The van der Waals surface area contributed by atoms with Gasteiger partial charge in [-0.3, -0.25) is 0 Å². The van der Waals surface area contributed by atoms with E-state index in [9.17, 15) is 4.79 Å². The van der Waals surface area contributed by atoms with E-state index >= 15 is 0 Å². The zero-order valence-electron chi connectivity index (χ0n) is 7.90. The van der Waals surface area contributed by atoms with Crippen LogP contribution >= 0.6 is 0 Å². The van der Waals surface area contributed by atoms with E-state index in [-0.39, 0.29) is 0 Å². The lowest BCUT2D eigenvalue weighted by molar-refractivity contribution is 0.0698. The molecular formula is C11H11NO2. The maximum atomic E-state index is 10.9. The lowest BCUT2D eigenvalue weighted by Crippen LogP contribution is -1.98. The standard InChI is InChI=1S/C11H11NO2/c1-2-8-6-10-9(11(13)14)4-3-5-12(10)7-8/h3-7H,2H2,1H3,(H,13,14). The number of aromatic nitrogens is 1. The number of pyridine rings is 1. The molecule has 0 radical (unpaired) electrons. The van der Waals surface area contributed by atoms with Crippen molar-refractivity contribution in [2.24, 2.45) is 0 Å². The van der Waals surface area contributed by atoms with Gasteiger partial charge in [0, 0.05) is 12.4 Å². The fourth-order valence-corrected chi connectivity index (χ4v) is 1.57. The van der Waals surface area contributed by atoms with Gasteiger partial charge >= 0.3 is 5.97 Å². The van der Waals surface area contributed by atoms with Crippen LogP contribution in [0, 0.1) is 0 Å². The largest absolute Gasteiger partial charge is 0.478 e. The molecule has 0 saturated carbocycles. The first-order valence-electron chi connectivity index (χ1n) is 4.55. The van der Waals surface area contributed by atoms with E-state index < -0.39 is 5.97 Å². The number of hydrogen-bond acceptors (Lipinski definition) is 1. The molecule has 0 aliphatic carbocycles. The highest BCUT2D eigenvalue weighted by Gasteiger charge is 2.08. The number of carboxylic acids is 1. The van der Waals surface area contributed by atoms with Crippen molar-refractivity contribution in [1.29, 1.82) is 0 Å². The van der Waals surface area contributed by atoms with Gasteiger partial charge in [-0.2, -0.15) is 0 Å². The molecule has 2 aromatic heterocycles. The molecule has 72 valence electrons. The minimum absolute atomic E-state index is 0.354. The summed E-state index contributed by atoms with van der Waals surface area (Å²) in [5.41, 5.74) is 2.27. The van der Waals surface area contributed by atoms with Gasteiger partial charge in [-0.25, -0.2) is 4.79 Å². The summed E-state index contributed by atoms with van der Waals surface area (Å²) in [6.07, 6.45) is 4.74. The van der Waals surface area contributed by atoms with E-state index in [1.54, 1.807) is 12.1 Å². The van der Waals surface area contributed by atoms with Crippen LogP contribution in [0.4, 0.5) is 0 Å². The Morgan fingerprint density at radius 3 is 3.00 bits per heavy atom. The summed E-state index contributed by atoms with van der Waals surface area (Å²) in [7, 11) is 0. The van der Waals surface area contributed by atoms with Gasteiger partial charge in [0.25, 0.3) is 0 Å². The lowest BCUT2D eigenvalue weighted by Gasteiger charge is -1.97. The summed E-state index contributed by atoms with van der Waals surface area (Å²) < 4.78 is 1.85. The van der Waals surface area contributed by atoms with Crippen molar-refractivity contribution < 1.29 is 9.90 Å². The zero-order chi connectivity index (χ0) is 10.1. The molecule has 14 heavy (non-hydrogen) atoms. The van der Waals surface area contributed by atoms with Crippen LogP contribution in [0.2, 0.25) is 0 Å². The summed E-state index contributed by atoms with van der Waals surface area (Å²) in [4.78, 5) is 10.9. The quantitative estimate of drug-likeness (QED) is 0.786. The van der Waals surface area contributed by atoms with Crippen molar-refractivity contribution in [3.05, 3.63) is 41.7 Å². The molecule has 2 rings (SSSR count). The normalized spacial score (nSPS) is 10.6. The van der Waals surface area contributed by atoms with Crippen molar-refractivity contribution in [3.63, 3.8) is 0 Å². The van der Waals surface area contributed by atoms with Crippen LogP contribution in [-0.2, 0) is 6.42 Å². The molecule has 0 fully saturated rings. The second-order valence-electron chi connectivity index (χ2n) is 3.22. The van der Waals surface area contributed by atoms with Gasteiger partial charge in [-0.05, 0) is 30.2 Å². The van der Waals surface area contributed by atoms with E-state index in [1.165, 1.54) is 0 Å². The summed E-state index contributed by atoms with van der Waals surface area (Å²) in [5, 5.41) is 8.95. The second-order valence-corrected chi connectivity index (χ2v) is 3.22. The number of carbonyl (C=O) groups is 1. The lowest BCUT2D eigenvalue weighted by atomic mass is 10.2. The Kier molecular flexibility index (Phi) is 2.00. The second kappa shape index (κ2) is 3.18. The van der Waals surface area contributed by atoms with Crippen LogP contribution in [-0.4, -0.2) is 15.5 Å². The molecule has 0 unspecified atom stereocenters. The zero-order valence-corrected chi connectivity index (χ0v) is 7.90. The van der Waals surface area contributed by atoms with Crippen molar-refractivity contribution in [3.8, 4) is 0 Å². The van der Waals surface area contributed by atoms with Gasteiger partial charge in [0.1, 0.15) is 0 Å².